The third kappa shape index (κ3) is 4.41. The van der Waals surface area contributed by atoms with Crippen LogP contribution in [0.2, 0.25) is 0 Å². The van der Waals surface area contributed by atoms with E-state index in [9.17, 15) is 0 Å². The number of hydrogen-bond donors (Lipinski definition) is 0. The summed E-state index contributed by atoms with van der Waals surface area (Å²) in [5, 5.41) is 7.12. The second-order valence-corrected chi connectivity index (χ2v) is 11.6. The minimum atomic E-state index is 0.729. The quantitative estimate of drug-likeness (QED) is 0.193. The van der Waals surface area contributed by atoms with E-state index < -0.39 is 0 Å². The first-order valence-electron chi connectivity index (χ1n) is 15.5. The average Bonchev–Trinajstić information content (AvgIpc) is 3.14. The van der Waals surface area contributed by atoms with E-state index in [1.165, 1.54) is 21.5 Å². The van der Waals surface area contributed by atoms with Crippen molar-refractivity contribution in [2.75, 3.05) is 0 Å². The van der Waals surface area contributed by atoms with Gasteiger partial charge in [-0.3, -0.25) is 0 Å². The summed E-state index contributed by atoms with van der Waals surface area (Å²) in [6.45, 7) is 0. The minimum Gasteiger partial charge on any atom is -0.247 e. The SMILES string of the molecule is c1ccc(-c2nc(-c3cccc(-c4ccc(-c5nc6ccccc6c6c5ccc5ccccc56)cc4)c3)c3ccccc3n2)cc1. The molecular formula is C43H27N3. The molecule has 0 radical (unpaired) electrons. The molecule has 214 valence electrons. The first-order chi connectivity index (χ1) is 22.8. The molecule has 9 aromatic rings. The lowest BCUT2D eigenvalue weighted by atomic mass is 9.94. The molecule has 0 aliphatic heterocycles. The molecule has 0 bridgehead atoms. The lowest BCUT2D eigenvalue weighted by Gasteiger charge is -2.13. The first kappa shape index (κ1) is 26.2. The van der Waals surface area contributed by atoms with Crippen molar-refractivity contribution in [2.24, 2.45) is 0 Å². The van der Waals surface area contributed by atoms with E-state index in [0.717, 1.165) is 66.8 Å². The van der Waals surface area contributed by atoms with Crippen molar-refractivity contribution in [2.45, 2.75) is 0 Å². The Kier molecular flexibility index (Phi) is 6.14. The molecule has 0 aliphatic rings. The van der Waals surface area contributed by atoms with Crippen molar-refractivity contribution in [1.82, 2.24) is 15.0 Å². The van der Waals surface area contributed by atoms with E-state index in [1.807, 2.05) is 30.3 Å². The van der Waals surface area contributed by atoms with Gasteiger partial charge >= 0.3 is 0 Å². The van der Waals surface area contributed by atoms with E-state index in [4.69, 9.17) is 15.0 Å². The van der Waals surface area contributed by atoms with Crippen molar-refractivity contribution in [3.8, 4) is 45.0 Å². The van der Waals surface area contributed by atoms with Gasteiger partial charge in [-0.15, -0.1) is 0 Å². The largest absolute Gasteiger partial charge is 0.247 e. The normalized spacial score (nSPS) is 11.5. The van der Waals surface area contributed by atoms with Crippen LogP contribution in [0.1, 0.15) is 0 Å². The third-order valence-corrected chi connectivity index (χ3v) is 8.85. The van der Waals surface area contributed by atoms with Gasteiger partial charge in [0.2, 0.25) is 0 Å². The molecule has 2 heterocycles. The Hall–Kier alpha value is -6.19. The fourth-order valence-corrected chi connectivity index (χ4v) is 6.62. The number of para-hydroxylation sites is 2. The Labute approximate surface area is 266 Å². The number of nitrogens with zero attached hydrogens (tertiary/aromatic N) is 3. The minimum absolute atomic E-state index is 0.729. The fraction of sp³-hybridized carbons (Fsp3) is 0. The molecule has 7 aromatic carbocycles. The van der Waals surface area contributed by atoms with Gasteiger partial charge < -0.3 is 0 Å². The van der Waals surface area contributed by atoms with Crippen molar-refractivity contribution >= 4 is 43.4 Å². The smallest absolute Gasteiger partial charge is 0.160 e. The van der Waals surface area contributed by atoms with Gasteiger partial charge in [-0.25, -0.2) is 15.0 Å². The lowest BCUT2D eigenvalue weighted by molar-refractivity contribution is 1.23. The van der Waals surface area contributed by atoms with Crippen LogP contribution >= 0.6 is 0 Å². The molecule has 0 amide bonds. The highest BCUT2D eigenvalue weighted by Crippen LogP contribution is 2.38. The summed E-state index contributed by atoms with van der Waals surface area (Å²) in [6, 6.07) is 57.3. The molecule has 0 unspecified atom stereocenters. The number of rotatable bonds is 4. The maximum atomic E-state index is 5.18. The van der Waals surface area contributed by atoms with Crippen molar-refractivity contribution in [1.29, 1.82) is 0 Å². The number of aromatic nitrogens is 3. The summed E-state index contributed by atoms with van der Waals surface area (Å²) in [5.74, 6) is 0.729. The predicted molar refractivity (Wildman–Crippen MR) is 192 cm³/mol. The predicted octanol–water partition coefficient (Wildman–Crippen LogP) is 11.2. The fourth-order valence-electron chi connectivity index (χ4n) is 6.62. The number of hydrogen-bond acceptors (Lipinski definition) is 3. The van der Waals surface area contributed by atoms with Crippen LogP contribution in [-0.2, 0) is 0 Å². The Balaban J connectivity index is 1.15. The zero-order chi connectivity index (χ0) is 30.5. The van der Waals surface area contributed by atoms with Gasteiger partial charge in [0.25, 0.3) is 0 Å². The van der Waals surface area contributed by atoms with E-state index in [2.05, 4.69) is 133 Å². The van der Waals surface area contributed by atoms with Gasteiger partial charge in [0, 0.05) is 38.2 Å². The Morgan fingerprint density at radius 2 is 0.913 bits per heavy atom. The average molecular weight is 586 g/mol. The number of benzene rings is 7. The standard InChI is InChI=1S/C43H27N3/c1-2-12-31(13-3-1)43-45-39-20-9-7-18-36(39)42(46-43)33-15-10-14-32(27-33)28-21-23-30(24-22-28)41-37-26-25-29-11-4-5-16-34(29)40(37)35-17-6-8-19-38(35)44-41/h1-27H. The molecule has 3 heteroatoms. The topological polar surface area (TPSA) is 38.7 Å². The molecule has 0 fully saturated rings. The van der Waals surface area contributed by atoms with Crippen molar-refractivity contribution < 1.29 is 0 Å². The van der Waals surface area contributed by atoms with Crippen LogP contribution in [0.25, 0.3) is 88.4 Å². The van der Waals surface area contributed by atoms with Gasteiger partial charge in [-0.05, 0) is 40.1 Å². The van der Waals surface area contributed by atoms with Crippen LogP contribution in [0.3, 0.4) is 0 Å². The Bertz CT molecular complexity index is 2560. The third-order valence-electron chi connectivity index (χ3n) is 8.85. The monoisotopic (exact) mass is 585 g/mol. The molecule has 0 spiro atoms. The molecule has 9 rings (SSSR count). The summed E-state index contributed by atoms with van der Waals surface area (Å²) < 4.78 is 0. The van der Waals surface area contributed by atoms with Crippen LogP contribution in [0.5, 0.6) is 0 Å². The van der Waals surface area contributed by atoms with Gasteiger partial charge in [-0.1, -0.05) is 146 Å². The molecule has 0 N–H and O–H groups in total. The Morgan fingerprint density at radius 1 is 0.304 bits per heavy atom. The molecule has 2 aromatic heterocycles. The zero-order valence-corrected chi connectivity index (χ0v) is 24.9. The molecule has 46 heavy (non-hydrogen) atoms. The zero-order valence-electron chi connectivity index (χ0n) is 24.9. The second-order valence-electron chi connectivity index (χ2n) is 11.6. The molecular weight excluding hydrogens is 558 g/mol. The molecule has 0 aliphatic carbocycles. The van der Waals surface area contributed by atoms with Crippen molar-refractivity contribution in [3.63, 3.8) is 0 Å². The highest BCUT2D eigenvalue weighted by atomic mass is 14.9. The van der Waals surface area contributed by atoms with Crippen LogP contribution in [0, 0.1) is 0 Å². The molecule has 0 saturated carbocycles. The van der Waals surface area contributed by atoms with Crippen LogP contribution in [0.4, 0.5) is 0 Å². The lowest BCUT2D eigenvalue weighted by Crippen LogP contribution is -1.95. The van der Waals surface area contributed by atoms with Gasteiger partial charge in [0.15, 0.2) is 5.82 Å². The van der Waals surface area contributed by atoms with Crippen LogP contribution < -0.4 is 0 Å². The van der Waals surface area contributed by atoms with Gasteiger partial charge in [0.1, 0.15) is 0 Å². The Morgan fingerprint density at radius 3 is 1.74 bits per heavy atom. The highest BCUT2D eigenvalue weighted by Gasteiger charge is 2.15. The van der Waals surface area contributed by atoms with E-state index in [0.29, 0.717) is 0 Å². The first-order valence-corrected chi connectivity index (χ1v) is 15.5. The highest BCUT2D eigenvalue weighted by molar-refractivity contribution is 6.22. The second kappa shape index (κ2) is 10.8. The maximum absolute atomic E-state index is 5.18. The molecule has 0 atom stereocenters. The van der Waals surface area contributed by atoms with E-state index >= 15 is 0 Å². The molecule has 3 nitrogen and oxygen atoms in total. The summed E-state index contributed by atoms with van der Waals surface area (Å²) in [4.78, 5) is 15.2. The molecule has 0 saturated heterocycles. The van der Waals surface area contributed by atoms with Crippen LogP contribution in [-0.4, -0.2) is 15.0 Å². The van der Waals surface area contributed by atoms with E-state index in [1.54, 1.807) is 0 Å². The summed E-state index contributed by atoms with van der Waals surface area (Å²) in [5.41, 5.74) is 9.31. The van der Waals surface area contributed by atoms with Gasteiger partial charge in [0.05, 0.1) is 22.4 Å². The summed E-state index contributed by atoms with van der Waals surface area (Å²) in [6.07, 6.45) is 0. The van der Waals surface area contributed by atoms with E-state index in [-0.39, 0.29) is 0 Å². The number of fused-ring (bicyclic) bond motifs is 6. The van der Waals surface area contributed by atoms with Crippen LogP contribution in [0.15, 0.2) is 164 Å². The maximum Gasteiger partial charge on any atom is 0.160 e. The van der Waals surface area contributed by atoms with Crippen molar-refractivity contribution in [3.05, 3.63) is 164 Å². The summed E-state index contributed by atoms with van der Waals surface area (Å²) >= 11 is 0. The van der Waals surface area contributed by atoms with Gasteiger partial charge in [-0.2, -0.15) is 0 Å². The number of pyridine rings is 1. The summed E-state index contributed by atoms with van der Waals surface area (Å²) in [7, 11) is 0.